The number of carbonyl (C=O) groups is 6. The number of aldehydes is 2. The fraction of sp³-hybridized carbons (Fsp3) is 0.429. The van der Waals surface area contributed by atoms with E-state index in [2.05, 4.69) is 5.32 Å². The molecule has 1 aromatic carbocycles. The van der Waals surface area contributed by atoms with Crippen molar-refractivity contribution < 1.29 is 38.6 Å². The molecule has 0 aromatic heterocycles. The summed E-state index contributed by atoms with van der Waals surface area (Å²) in [5.74, 6) is -2.28. The van der Waals surface area contributed by atoms with Gasteiger partial charge >= 0.3 is 5.97 Å². The maximum absolute atomic E-state index is 12.6. The molecule has 10 nitrogen and oxygen atoms in total. The zero-order valence-electron chi connectivity index (χ0n) is 16.9. The number of carboxylic acids is 1. The zero-order chi connectivity index (χ0) is 22.8. The number of nitrogens with one attached hydrogen (secondary N) is 1. The summed E-state index contributed by atoms with van der Waals surface area (Å²) in [6.07, 6.45) is 3.14. The maximum Gasteiger partial charge on any atom is 0.303 e. The van der Waals surface area contributed by atoms with Crippen LogP contribution in [0.2, 0.25) is 0 Å². The topological polar surface area (TPSA) is 147 Å². The molecule has 3 amide bonds. The molecule has 166 valence electrons. The van der Waals surface area contributed by atoms with Gasteiger partial charge in [0, 0.05) is 19.4 Å². The monoisotopic (exact) mass is 432 g/mol. The predicted octanol–water partition coefficient (Wildman–Crippen LogP) is 0.969. The summed E-state index contributed by atoms with van der Waals surface area (Å²) in [6, 6.07) is 3.17. The van der Waals surface area contributed by atoms with Crippen molar-refractivity contribution in [2.75, 3.05) is 13.2 Å². The minimum atomic E-state index is -1.02. The minimum Gasteiger partial charge on any atom is -0.484 e. The highest BCUT2D eigenvalue weighted by Gasteiger charge is 2.40. The normalized spacial score (nSPS) is 13.5. The molecule has 1 unspecified atom stereocenters. The highest BCUT2D eigenvalue weighted by molar-refractivity contribution is 6.22. The lowest BCUT2D eigenvalue weighted by Crippen LogP contribution is -2.40. The molecule has 10 heteroatoms. The third-order valence-corrected chi connectivity index (χ3v) is 4.72. The van der Waals surface area contributed by atoms with Crippen LogP contribution in [0.1, 0.15) is 59.2 Å². The highest BCUT2D eigenvalue weighted by atomic mass is 16.5. The third kappa shape index (κ3) is 6.46. The molecule has 0 radical (unpaired) electrons. The second kappa shape index (κ2) is 11.6. The fourth-order valence-corrected chi connectivity index (χ4v) is 3.13. The Hall–Kier alpha value is -3.56. The number of hydrogen-bond acceptors (Lipinski definition) is 7. The SMILES string of the molecule is O=CCCC(C=O)N1C(=O)c2ccc(OCC(=O)NCCCCCC(=O)O)cc2C1=O. The maximum atomic E-state index is 12.6. The molecule has 31 heavy (non-hydrogen) atoms. The molecule has 2 rings (SSSR count). The summed E-state index contributed by atoms with van der Waals surface area (Å²) < 4.78 is 5.39. The molecule has 0 saturated heterocycles. The van der Waals surface area contributed by atoms with Gasteiger partial charge in [-0.25, -0.2) is 0 Å². The Kier molecular flexibility index (Phi) is 8.86. The van der Waals surface area contributed by atoms with E-state index in [1.807, 2.05) is 0 Å². The van der Waals surface area contributed by atoms with Crippen molar-refractivity contribution in [1.82, 2.24) is 10.2 Å². The van der Waals surface area contributed by atoms with E-state index in [4.69, 9.17) is 9.84 Å². The standard InChI is InChI=1S/C21H24N2O8/c24-10-4-5-14(12-25)23-20(29)16-8-7-15(11-17(16)21(23)30)31-13-18(26)22-9-3-1-2-6-19(27)28/h7-8,10-12,14H,1-6,9,13H2,(H,22,26)(H,27,28). The summed E-state index contributed by atoms with van der Waals surface area (Å²) in [4.78, 5) is 70.1. The van der Waals surface area contributed by atoms with E-state index in [0.29, 0.717) is 38.4 Å². The van der Waals surface area contributed by atoms with Gasteiger partial charge in [-0.3, -0.25) is 24.1 Å². The van der Waals surface area contributed by atoms with Crippen molar-refractivity contribution in [3.8, 4) is 5.75 Å². The number of hydrogen-bond donors (Lipinski definition) is 2. The Morgan fingerprint density at radius 3 is 2.52 bits per heavy atom. The number of ether oxygens (including phenoxy) is 1. The molecule has 1 heterocycles. The van der Waals surface area contributed by atoms with Crippen LogP contribution in [0.15, 0.2) is 18.2 Å². The second-order valence-electron chi connectivity index (χ2n) is 6.98. The lowest BCUT2D eigenvalue weighted by molar-refractivity contribution is -0.137. The largest absolute Gasteiger partial charge is 0.484 e. The molecule has 1 atom stereocenters. The number of nitrogens with zero attached hydrogens (tertiary/aromatic N) is 1. The van der Waals surface area contributed by atoms with Crippen LogP contribution in [0.5, 0.6) is 5.75 Å². The van der Waals surface area contributed by atoms with E-state index >= 15 is 0 Å². The van der Waals surface area contributed by atoms with Crippen LogP contribution in [0.3, 0.4) is 0 Å². The summed E-state index contributed by atoms with van der Waals surface area (Å²) >= 11 is 0. The molecular formula is C21H24N2O8. The van der Waals surface area contributed by atoms with E-state index in [9.17, 15) is 28.8 Å². The summed E-state index contributed by atoms with van der Waals surface area (Å²) in [7, 11) is 0. The fourth-order valence-electron chi connectivity index (χ4n) is 3.13. The van der Waals surface area contributed by atoms with E-state index in [1.165, 1.54) is 18.2 Å². The van der Waals surface area contributed by atoms with Gasteiger partial charge in [-0.05, 0) is 37.5 Å². The number of carboxylic acid groups (broad SMARTS) is 1. The Labute approximate surface area is 178 Å². The molecule has 0 saturated carbocycles. The van der Waals surface area contributed by atoms with Crippen molar-refractivity contribution in [3.63, 3.8) is 0 Å². The van der Waals surface area contributed by atoms with Crippen LogP contribution in [-0.2, 0) is 19.2 Å². The predicted molar refractivity (Wildman–Crippen MR) is 107 cm³/mol. The van der Waals surface area contributed by atoms with Crippen molar-refractivity contribution in [2.45, 2.75) is 44.6 Å². The molecule has 1 aliphatic rings. The summed E-state index contributed by atoms with van der Waals surface area (Å²) in [5, 5.41) is 11.2. The van der Waals surface area contributed by atoms with Crippen LogP contribution >= 0.6 is 0 Å². The first kappa shape index (κ1) is 23.7. The van der Waals surface area contributed by atoms with Gasteiger partial charge in [-0.15, -0.1) is 0 Å². The van der Waals surface area contributed by atoms with Gasteiger partial charge in [0.25, 0.3) is 17.7 Å². The van der Waals surface area contributed by atoms with E-state index in [0.717, 1.165) is 4.90 Å². The summed E-state index contributed by atoms with van der Waals surface area (Å²) in [6.45, 7) is 0.0951. The van der Waals surface area contributed by atoms with Crippen LogP contribution in [0.4, 0.5) is 0 Å². The molecule has 0 aliphatic carbocycles. The number of carbonyl (C=O) groups excluding carboxylic acids is 5. The highest BCUT2D eigenvalue weighted by Crippen LogP contribution is 2.28. The van der Waals surface area contributed by atoms with Crippen LogP contribution < -0.4 is 10.1 Å². The second-order valence-corrected chi connectivity index (χ2v) is 6.98. The smallest absolute Gasteiger partial charge is 0.303 e. The molecule has 1 aliphatic heterocycles. The van der Waals surface area contributed by atoms with Gasteiger partial charge in [0.2, 0.25) is 0 Å². The quantitative estimate of drug-likeness (QED) is 0.251. The Balaban J connectivity index is 1.88. The van der Waals surface area contributed by atoms with Gasteiger partial charge < -0.3 is 24.7 Å². The number of aliphatic carboxylic acids is 1. The third-order valence-electron chi connectivity index (χ3n) is 4.72. The number of amides is 3. The zero-order valence-corrected chi connectivity index (χ0v) is 16.9. The van der Waals surface area contributed by atoms with E-state index in [1.54, 1.807) is 0 Å². The molecule has 0 spiro atoms. The Morgan fingerprint density at radius 2 is 1.84 bits per heavy atom. The van der Waals surface area contributed by atoms with E-state index in [-0.39, 0.29) is 48.7 Å². The van der Waals surface area contributed by atoms with Crippen LogP contribution in [0, 0.1) is 0 Å². The lowest BCUT2D eigenvalue weighted by atomic mass is 10.1. The number of fused-ring (bicyclic) bond motifs is 1. The minimum absolute atomic E-state index is 0.0415. The molecule has 1 aromatic rings. The molecular weight excluding hydrogens is 408 g/mol. The van der Waals surface area contributed by atoms with Gasteiger partial charge in [0.15, 0.2) is 6.61 Å². The van der Waals surface area contributed by atoms with E-state index < -0.39 is 23.8 Å². The van der Waals surface area contributed by atoms with Gasteiger partial charge in [-0.2, -0.15) is 0 Å². The van der Waals surface area contributed by atoms with Crippen LogP contribution in [0.25, 0.3) is 0 Å². The number of unbranched alkanes of at least 4 members (excludes halogenated alkanes) is 2. The number of imide groups is 1. The van der Waals surface area contributed by atoms with Crippen LogP contribution in [-0.4, -0.2) is 65.5 Å². The number of benzene rings is 1. The van der Waals surface area contributed by atoms with Gasteiger partial charge in [0.05, 0.1) is 17.2 Å². The van der Waals surface area contributed by atoms with Crippen molar-refractivity contribution in [3.05, 3.63) is 29.3 Å². The lowest BCUT2D eigenvalue weighted by Gasteiger charge is -2.20. The number of rotatable bonds is 14. The van der Waals surface area contributed by atoms with Gasteiger partial charge in [0.1, 0.15) is 18.3 Å². The Bertz CT molecular complexity index is 867. The molecule has 0 fully saturated rings. The van der Waals surface area contributed by atoms with Gasteiger partial charge in [-0.1, -0.05) is 6.42 Å². The molecule has 2 N–H and O–H groups in total. The first-order valence-corrected chi connectivity index (χ1v) is 9.91. The summed E-state index contributed by atoms with van der Waals surface area (Å²) in [5.41, 5.74) is 0.195. The van der Waals surface area contributed by atoms with Crippen molar-refractivity contribution in [1.29, 1.82) is 0 Å². The van der Waals surface area contributed by atoms with Crippen molar-refractivity contribution in [2.24, 2.45) is 0 Å². The van der Waals surface area contributed by atoms with Crippen molar-refractivity contribution >= 4 is 36.3 Å². The first-order valence-electron chi connectivity index (χ1n) is 9.91. The average Bonchev–Trinajstić information content (AvgIpc) is 3.00. The first-order chi connectivity index (χ1) is 14.9. The average molecular weight is 432 g/mol. The Morgan fingerprint density at radius 1 is 1.10 bits per heavy atom. The molecule has 0 bridgehead atoms.